The minimum atomic E-state index is -3.81. The molecule has 5 rings (SSSR count). The molecule has 0 spiro atoms. The van der Waals surface area contributed by atoms with Crippen LogP contribution in [-0.4, -0.2) is 26.4 Å². The van der Waals surface area contributed by atoms with E-state index in [1.807, 2.05) is 25.1 Å². The Kier molecular flexibility index (Phi) is 6.76. The van der Waals surface area contributed by atoms with Crippen molar-refractivity contribution < 1.29 is 17.6 Å². The number of nitrogens with zero attached hydrogens (tertiary/aromatic N) is 3. The number of fused-ring (bicyclic) bond motifs is 1. The SMILES string of the molecule is Cc1ccc(Cl)c2sc(N(Cc3ccco3)C(=O)c3ccc(S(=O)(=O)N(C)c4ccccc4)cc3)nc12. The number of sulfonamides is 1. The number of furan rings is 1. The number of thiazole rings is 1. The summed E-state index contributed by atoms with van der Waals surface area (Å²) in [5.74, 6) is 0.240. The second-order valence-electron chi connectivity index (χ2n) is 8.34. The molecule has 0 fully saturated rings. The number of carbonyl (C=O) groups excluding carboxylic acids is 1. The maximum absolute atomic E-state index is 13.7. The highest BCUT2D eigenvalue weighted by atomic mass is 35.5. The molecule has 0 aliphatic heterocycles. The summed E-state index contributed by atoms with van der Waals surface area (Å²) in [5, 5.41) is 1.03. The van der Waals surface area contributed by atoms with Crippen molar-refractivity contribution in [2.45, 2.75) is 18.4 Å². The molecule has 0 N–H and O–H groups in total. The number of amides is 1. The van der Waals surface area contributed by atoms with Crippen LogP contribution in [0.25, 0.3) is 10.2 Å². The van der Waals surface area contributed by atoms with E-state index < -0.39 is 10.0 Å². The van der Waals surface area contributed by atoms with E-state index in [4.69, 9.17) is 21.0 Å². The van der Waals surface area contributed by atoms with Crippen LogP contribution in [0, 0.1) is 6.92 Å². The van der Waals surface area contributed by atoms with E-state index in [-0.39, 0.29) is 17.3 Å². The summed E-state index contributed by atoms with van der Waals surface area (Å²) in [6, 6.07) is 21.9. The number of hydrogen-bond donors (Lipinski definition) is 0. The second-order valence-corrected chi connectivity index (χ2v) is 11.7. The number of aryl methyl sites for hydroxylation is 1. The summed E-state index contributed by atoms with van der Waals surface area (Å²) < 4.78 is 33.8. The monoisotopic (exact) mass is 551 g/mol. The number of hydrogen-bond acceptors (Lipinski definition) is 6. The highest BCUT2D eigenvalue weighted by Gasteiger charge is 2.26. The van der Waals surface area contributed by atoms with Gasteiger partial charge >= 0.3 is 0 Å². The predicted molar refractivity (Wildman–Crippen MR) is 147 cm³/mol. The van der Waals surface area contributed by atoms with E-state index in [2.05, 4.69) is 0 Å². The number of aromatic nitrogens is 1. The highest BCUT2D eigenvalue weighted by molar-refractivity contribution is 7.92. The van der Waals surface area contributed by atoms with Crippen LogP contribution in [0.2, 0.25) is 5.02 Å². The van der Waals surface area contributed by atoms with Crippen LogP contribution in [-0.2, 0) is 16.6 Å². The van der Waals surface area contributed by atoms with Crippen molar-refractivity contribution in [3.63, 3.8) is 0 Å². The van der Waals surface area contributed by atoms with Gasteiger partial charge in [-0.05, 0) is 67.1 Å². The van der Waals surface area contributed by atoms with Gasteiger partial charge in [0.15, 0.2) is 5.13 Å². The average Bonchev–Trinajstić information content (AvgIpc) is 3.60. The van der Waals surface area contributed by atoms with E-state index in [0.29, 0.717) is 27.2 Å². The molecule has 2 aromatic heterocycles. The zero-order valence-electron chi connectivity index (χ0n) is 20.0. The van der Waals surface area contributed by atoms with E-state index in [9.17, 15) is 13.2 Å². The molecule has 188 valence electrons. The first kappa shape index (κ1) is 25.0. The minimum absolute atomic E-state index is 0.0791. The summed E-state index contributed by atoms with van der Waals surface area (Å²) >= 11 is 7.72. The molecule has 0 unspecified atom stereocenters. The fourth-order valence-corrected chi connectivity index (χ4v) is 6.36. The number of anilines is 2. The fraction of sp³-hybridized carbons (Fsp3) is 0.111. The largest absolute Gasteiger partial charge is 0.467 e. The molecule has 5 aromatic rings. The molecule has 0 bridgehead atoms. The minimum Gasteiger partial charge on any atom is -0.467 e. The van der Waals surface area contributed by atoms with Crippen LogP contribution in [0.3, 0.4) is 0 Å². The topological polar surface area (TPSA) is 83.7 Å². The lowest BCUT2D eigenvalue weighted by molar-refractivity contribution is 0.0983. The first-order chi connectivity index (χ1) is 17.8. The number of benzene rings is 3. The Balaban J connectivity index is 1.49. The number of carbonyl (C=O) groups is 1. The molecular formula is C27H22ClN3O4S2. The van der Waals surface area contributed by atoms with Gasteiger partial charge in [0.1, 0.15) is 5.76 Å². The molecule has 0 aliphatic carbocycles. The third-order valence-corrected chi connectivity index (χ3v) is 9.27. The zero-order valence-corrected chi connectivity index (χ0v) is 22.3. The van der Waals surface area contributed by atoms with Gasteiger partial charge in [-0.3, -0.25) is 14.0 Å². The standard InChI is InChI=1S/C27H22ClN3O4S2/c1-18-10-15-23(28)25-24(18)29-27(36-25)31(17-21-9-6-16-35-21)26(32)19-11-13-22(14-12-19)37(33,34)30(2)20-7-4-3-5-8-20/h3-16H,17H2,1-2H3. The molecule has 0 saturated heterocycles. The summed E-state index contributed by atoms with van der Waals surface area (Å²) in [7, 11) is -2.31. The van der Waals surface area contributed by atoms with E-state index >= 15 is 0 Å². The lowest BCUT2D eigenvalue weighted by Crippen LogP contribution is -2.30. The van der Waals surface area contributed by atoms with Gasteiger partial charge in [-0.1, -0.05) is 47.2 Å². The van der Waals surface area contributed by atoms with E-state index in [1.165, 1.54) is 51.9 Å². The summed E-state index contributed by atoms with van der Waals surface area (Å²) in [4.78, 5) is 20.0. The molecule has 0 atom stereocenters. The molecule has 7 nitrogen and oxygen atoms in total. The fourth-order valence-electron chi connectivity index (χ4n) is 3.85. The Morgan fingerprint density at radius 3 is 2.38 bits per heavy atom. The third-order valence-electron chi connectivity index (χ3n) is 5.94. The molecule has 37 heavy (non-hydrogen) atoms. The molecular weight excluding hydrogens is 530 g/mol. The zero-order chi connectivity index (χ0) is 26.2. The molecule has 1 amide bonds. The molecule has 10 heteroatoms. The lowest BCUT2D eigenvalue weighted by atomic mass is 10.2. The van der Waals surface area contributed by atoms with Gasteiger partial charge < -0.3 is 4.42 Å². The maximum Gasteiger partial charge on any atom is 0.264 e. The van der Waals surface area contributed by atoms with Crippen LogP contribution in [0.5, 0.6) is 0 Å². The molecule has 2 heterocycles. The van der Waals surface area contributed by atoms with Crippen LogP contribution in [0.1, 0.15) is 21.7 Å². The summed E-state index contributed by atoms with van der Waals surface area (Å²) in [5.41, 5.74) is 2.53. The normalized spacial score (nSPS) is 11.5. The Morgan fingerprint density at radius 2 is 1.73 bits per heavy atom. The first-order valence-electron chi connectivity index (χ1n) is 11.3. The molecule has 0 radical (unpaired) electrons. The van der Waals surface area contributed by atoms with Crippen molar-refractivity contribution in [2.24, 2.45) is 0 Å². The van der Waals surface area contributed by atoms with Gasteiger partial charge in [0.2, 0.25) is 0 Å². The number of halogens is 1. The Hall–Kier alpha value is -3.66. The molecule has 0 saturated carbocycles. The van der Waals surface area contributed by atoms with Crippen LogP contribution in [0.15, 0.2) is 94.4 Å². The van der Waals surface area contributed by atoms with Crippen LogP contribution >= 0.6 is 22.9 Å². The van der Waals surface area contributed by atoms with Crippen molar-refractivity contribution in [1.82, 2.24) is 4.98 Å². The van der Waals surface area contributed by atoms with Gasteiger partial charge in [-0.2, -0.15) is 0 Å². The Morgan fingerprint density at radius 1 is 1.00 bits per heavy atom. The lowest BCUT2D eigenvalue weighted by Gasteiger charge is -2.21. The Bertz CT molecular complexity index is 1630. The van der Waals surface area contributed by atoms with Gasteiger partial charge in [-0.25, -0.2) is 13.4 Å². The number of para-hydroxylation sites is 1. The molecule has 3 aromatic carbocycles. The van der Waals surface area contributed by atoms with Gasteiger partial charge in [-0.15, -0.1) is 0 Å². The Labute approximate surface area is 223 Å². The van der Waals surface area contributed by atoms with E-state index in [0.717, 1.165) is 15.8 Å². The highest BCUT2D eigenvalue weighted by Crippen LogP contribution is 2.36. The van der Waals surface area contributed by atoms with E-state index in [1.54, 1.807) is 42.7 Å². The summed E-state index contributed by atoms with van der Waals surface area (Å²) in [6.45, 7) is 2.09. The third kappa shape index (κ3) is 4.85. The smallest absolute Gasteiger partial charge is 0.264 e. The van der Waals surface area contributed by atoms with Gasteiger partial charge in [0.25, 0.3) is 15.9 Å². The number of rotatable bonds is 7. The maximum atomic E-state index is 13.7. The van der Waals surface area contributed by atoms with Crippen molar-refractivity contribution in [1.29, 1.82) is 0 Å². The second kappa shape index (κ2) is 10.0. The van der Waals surface area contributed by atoms with Crippen molar-refractivity contribution in [3.8, 4) is 0 Å². The predicted octanol–water partition coefficient (Wildman–Crippen LogP) is 6.52. The van der Waals surface area contributed by atoms with Crippen molar-refractivity contribution in [3.05, 3.63) is 107 Å². The van der Waals surface area contributed by atoms with Crippen LogP contribution in [0.4, 0.5) is 10.8 Å². The van der Waals surface area contributed by atoms with Gasteiger partial charge in [0, 0.05) is 12.6 Å². The van der Waals surface area contributed by atoms with Gasteiger partial charge in [0.05, 0.1) is 38.6 Å². The van der Waals surface area contributed by atoms with Crippen molar-refractivity contribution >= 4 is 59.9 Å². The van der Waals surface area contributed by atoms with Crippen molar-refractivity contribution in [2.75, 3.05) is 16.3 Å². The molecule has 0 aliphatic rings. The average molecular weight is 552 g/mol. The van der Waals surface area contributed by atoms with Crippen LogP contribution < -0.4 is 9.21 Å². The summed E-state index contributed by atoms with van der Waals surface area (Å²) in [6.07, 6.45) is 1.54. The quantitative estimate of drug-likeness (QED) is 0.230. The first-order valence-corrected chi connectivity index (χ1v) is 13.9.